The number of H-pyrrole nitrogens is 1. The first kappa shape index (κ1) is 16.9. The lowest BCUT2D eigenvalue weighted by Gasteiger charge is -2.11. The molecule has 116 valence electrons. The molecule has 0 aliphatic rings. The fourth-order valence-corrected chi connectivity index (χ4v) is 3.04. The lowest BCUT2D eigenvalue weighted by atomic mass is 9.94. The van der Waals surface area contributed by atoms with Gasteiger partial charge in [-0.15, -0.1) is 0 Å². The molecule has 2 rings (SSSR count). The van der Waals surface area contributed by atoms with Crippen LogP contribution in [0.4, 0.5) is 0 Å². The number of halogens is 2. The fourth-order valence-electron chi connectivity index (χ4n) is 2.50. The van der Waals surface area contributed by atoms with E-state index < -0.39 is 0 Å². The summed E-state index contributed by atoms with van der Waals surface area (Å²) in [4.78, 5) is 7.32. The van der Waals surface area contributed by atoms with Gasteiger partial charge in [0, 0.05) is 28.9 Å². The third-order valence-electron chi connectivity index (χ3n) is 3.70. The molecule has 1 atom stereocenters. The molecule has 1 aromatic heterocycles. The highest BCUT2D eigenvalue weighted by molar-refractivity contribution is 6.35. The lowest BCUT2D eigenvalue weighted by molar-refractivity contribution is 0.590. The molecule has 1 unspecified atom stereocenters. The molecule has 1 aromatic carbocycles. The molecule has 5 heteroatoms. The molecule has 0 spiro atoms. The van der Waals surface area contributed by atoms with Crippen molar-refractivity contribution in [3.63, 3.8) is 0 Å². The smallest absolute Gasteiger partial charge is 0.105 e. The zero-order chi connectivity index (χ0) is 15.8. The average molecular weight is 336 g/mol. The summed E-state index contributed by atoms with van der Waals surface area (Å²) in [6.45, 7) is 0. The summed E-state index contributed by atoms with van der Waals surface area (Å²) in [7, 11) is 0. The Morgan fingerprint density at radius 2 is 2.00 bits per heavy atom. The van der Waals surface area contributed by atoms with Crippen LogP contribution >= 0.6 is 23.2 Å². The molecular formula is C17H19Cl2N3. The molecule has 1 N–H and O–H groups in total. The van der Waals surface area contributed by atoms with E-state index in [2.05, 4.69) is 16.0 Å². The summed E-state index contributed by atoms with van der Waals surface area (Å²) in [6.07, 6.45) is 9.85. The fraction of sp³-hybridized carbons (Fsp3) is 0.412. The SMILES string of the molecule is N#CC(CCCCCCc1ncc[nH]1)c1ccc(Cl)cc1Cl. The highest BCUT2D eigenvalue weighted by Crippen LogP contribution is 2.30. The van der Waals surface area contributed by atoms with Gasteiger partial charge in [-0.05, 0) is 30.5 Å². The molecule has 0 radical (unpaired) electrons. The van der Waals surface area contributed by atoms with Gasteiger partial charge in [-0.2, -0.15) is 5.26 Å². The quantitative estimate of drug-likeness (QED) is 0.646. The molecule has 0 bridgehead atoms. The van der Waals surface area contributed by atoms with Crippen molar-refractivity contribution in [3.8, 4) is 6.07 Å². The Labute approximate surface area is 141 Å². The van der Waals surface area contributed by atoms with Crippen LogP contribution in [0.25, 0.3) is 0 Å². The van der Waals surface area contributed by atoms with Crippen LogP contribution in [0.3, 0.4) is 0 Å². The molecule has 0 fully saturated rings. The van der Waals surface area contributed by atoms with Gasteiger partial charge in [0.2, 0.25) is 0 Å². The highest BCUT2D eigenvalue weighted by atomic mass is 35.5. The van der Waals surface area contributed by atoms with Gasteiger partial charge in [0.1, 0.15) is 5.82 Å². The van der Waals surface area contributed by atoms with Gasteiger partial charge < -0.3 is 4.98 Å². The van der Waals surface area contributed by atoms with Crippen LogP contribution in [0, 0.1) is 11.3 Å². The minimum Gasteiger partial charge on any atom is -0.349 e. The standard InChI is InChI=1S/C17H19Cl2N3/c18-14-7-8-15(16(19)11-14)13(12-20)5-3-1-2-4-6-17-21-9-10-22-17/h7-11,13H,1-6H2,(H,21,22). The van der Waals surface area contributed by atoms with E-state index >= 15 is 0 Å². The van der Waals surface area contributed by atoms with Crippen molar-refractivity contribution in [1.82, 2.24) is 9.97 Å². The predicted octanol–water partition coefficient (Wildman–Crippen LogP) is 5.52. The van der Waals surface area contributed by atoms with Crippen LogP contribution in [0.15, 0.2) is 30.6 Å². The Balaban J connectivity index is 1.71. The van der Waals surface area contributed by atoms with E-state index in [9.17, 15) is 5.26 Å². The van der Waals surface area contributed by atoms with Crippen molar-refractivity contribution in [2.45, 2.75) is 44.4 Å². The summed E-state index contributed by atoms with van der Waals surface area (Å²) in [5.74, 6) is 0.887. The summed E-state index contributed by atoms with van der Waals surface area (Å²) in [6, 6.07) is 7.69. The Morgan fingerprint density at radius 1 is 1.18 bits per heavy atom. The number of hydrogen-bond acceptors (Lipinski definition) is 2. The monoisotopic (exact) mass is 335 g/mol. The van der Waals surface area contributed by atoms with Crippen molar-refractivity contribution < 1.29 is 0 Å². The number of nitrogens with one attached hydrogen (secondary N) is 1. The molecule has 22 heavy (non-hydrogen) atoms. The van der Waals surface area contributed by atoms with E-state index in [1.54, 1.807) is 18.3 Å². The molecule has 0 aliphatic carbocycles. The van der Waals surface area contributed by atoms with Gasteiger partial charge in [0.15, 0.2) is 0 Å². The number of aromatic amines is 1. The van der Waals surface area contributed by atoms with E-state index in [1.165, 1.54) is 0 Å². The third kappa shape index (κ3) is 5.05. The van der Waals surface area contributed by atoms with Crippen molar-refractivity contribution >= 4 is 23.2 Å². The summed E-state index contributed by atoms with van der Waals surface area (Å²) >= 11 is 12.1. The van der Waals surface area contributed by atoms with Gasteiger partial charge in [0.05, 0.1) is 12.0 Å². The lowest BCUT2D eigenvalue weighted by Crippen LogP contribution is -1.97. The maximum absolute atomic E-state index is 9.35. The van der Waals surface area contributed by atoms with Crippen LogP contribution in [0.1, 0.15) is 49.4 Å². The Kier molecular flexibility index (Phi) is 6.76. The zero-order valence-electron chi connectivity index (χ0n) is 12.4. The predicted molar refractivity (Wildman–Crippen MR) is 90.2 cm³/mol. The summed E-state index contributed by atoms with van der Waals surface area (Å²) < 4.78 is 0. The molecule has 2 aromatic rings. The van der Waals surface area contributed by atoms with E-state index in [4.69, 9.17) is 23.2 Å². The molecule has 1 heterocycles. The molecule has 0 saturated carbocycles. The van der Waals surface area contributed by atoms with Gasteiger partial charge in [0.25, 0.3) is 0 Å². The number of benzene rings is 1. The number of hydrogen-bond donors (Lipinski definition) is 1. The minimum absolute atomic E-state index is 0.158. The Hall–Kier alpha value is -1.50. The molecule has 0 aliphatic heterocycles. The van der Waals surface area contributed by atoms with Crippen molar-refractivity contribution in [1.29, 1.82) is 5.26 Å². The summed E-state index contributed by atoms with van der Waals surface area (Å²) in [5.41, 5.74) is 0.879. The highest BCUT2D eigenvalue weighted by Gasteiger charge is 2.14. The number of aryl methyl sites for hydroxylation is 1. The number of rotatable bonds is 8. The van der Waals surface area contributed by atoms with E-state index in [1.807, 2.05) is 12.3 Å². The number of nitrogens with zero attached hydrogens (tertiary/aromatic N) is 2. The van der Waals surface area contributed by atoms with Crippen LogP contribution in [-0.2, 0) is 6.42 Å². The second kappa shape index (κ2) is 8.82. The van der Waals surface area contributed by atoms with Crippen LogP contribution in [0.5, 0.6) is 0 Å². The first-order chi connectivity index (χ1) is 10.7. The summed E-state index contributed by atoms with van der Waals surface area (Å²) in [5, 5.41) is 10.5. The third-order valence-corrected chi connectivity index (χ3v) is 4.27. The Morgan fingerprint density at radius 3 is 2.68 bits per heavy atom. The van der Waals surface area contributed by atoms with Crippen LogP contribution in [0.2, 0.25) is 10.0 Å². The van der Waals surface area contributed by atoms with Crippen molar-refractivity contribution in [3.05, 3.63) is 52.0 Å². The number of unbranched alkanes of at least 4 members (excludes halogenated alkanes) is 3. The maximum Gasteiger partial charge on any atom is 0.105 e. The molecule has 0 amide bonds. The Bertz CT molecular complexity index is 617. The minimum atomic E-state index is -0.158. The number of imidazole rings is 1. The van der Waals surface area contributed by atoms with Gasteiger partial charge in [-0.3, -0.25) is 0 Å². The van der Waals surface area contributed by atoms with Crippen LogP contribution in [-0.4, -0.2) is 9.97 Å². The zero-order valence-corrected chi connectivity index (χ0v) is 13.9. The first-order valence-corrected chi connectivity index (χ1v) is 8.29. The molecule has 3 nitrogen and oxygen atoms in total. The van der Waals surface area contributed by atoms with E-state index in [0.717, 1.165) is 49.9 Å². The molecule has 0 saturated heterocycles. The first-order valence-electron chi connectivity index (χ1n) is 7.53. The van der Waals surface area contributed by atoms with E-state index in [0.29, 0.717) is 10.0 Å². The van der Waals surface area contributed by atoms with Gasteiger partial charge in [-0.25, -0.2) is 4.98 Å². The molecular weight excluding hydrogens is 317 g/mol. The van der Waals surface area contributed by atoms with Crippen molar-refractivity contribution in [2.24, 2.45) is 0 Å². The number of aromatic nitrogens is 2. The van der Waals surface area contributed by atoms with Crippen LogP contribution < -0.4 is 0 Å². The second-order valence-corrected chi connectivity index (χ2v) is 6.18. The number of nitriles is 1. The topological polar surface area (TPSA) is 52.5 Å². The normalized spacial score (nSPS) is 12.0. The largest absolute Gasteiger partial charge is 0.349 e. The van der Waals surface area contributed by atoms with Crippen molar-refractivity contribution in [2.75, 3.05) is 0 Å². The second-order valence-electron chi connectivity index (χ2n) is 5.34. The van der Waals surface area contributed by atoms with E-state index in [-0.39, 0.29) is 5.92 Å². The van der Waals surface area contributed by atoms with Gasteiger partial charge >= 0.3 is 0 Å². The maximum atomic E-state index is 9.35. The van der Waals surface area contributed by atoms with Gasteiger partial charge in [-0.1, -0.05) is 48.5 Å². The average Bonchev–Trinajstić information content (AvgIpc) is 3.01.